The second-order valence-corrected chi connectivity index (χ2v) is 8.79. The van der Waals surface area contributed by atoms with Crippen molar-refractivity contribution in [3.05, 3.63) is 42.2 Å². The second-order valence-electron chi connectivity index (χ2n) is 6.56. The van der Waals surface area contributed by atoms with Crippen LogP contribution in [0.5, 0.6) is 0 Å². The quantitative estimate of drug-likeness (QED) is 0.727. The number of rotatable bonds is 6. The van der Waals surface area contributed by atoms with E-state index in [0.717, 1.165) is 23.9 Å². The summed E-state index contributed by atoms with van der Waals surface area (Å²) >= 11 is 0. The normalized spacial score (nSPS) is 19.2. The molecule has 1 fully saturated rings. The summed E-state index contributed by atoms with van der Waals surface area (Å²) in [5.74, 6) is 0.0509. The van der Waals surface area contributed by atoms with Crippen molar-refractivity contribution in [3.63, 3.8) is 0 Å². The number of para-hydroxylation sites is 2. The van der Waals surface area contributed by atoms with Gasteiger partial charge in [-0.1, -0.05) is 25.5 Å². The molecule has 1 amide bonds. The van der Waals surface area contributed by atoms with Crippen LogP contribution in [0, 0.1) is 0 Å². The molecular formula is C19H23N3O3S. The fraction of sp³-hybridized carbons (Fsp3) is 0.421. The van der Waals surface area contributed by atoms with E-state index in [2.05, 4.69) is 16.9 Å². The van der Waals surface area contributed by atoms with Crippen LogP contribution in [0.25, 0.3) is 17.1 Å². The van der Waals surface area contributed by atoms with Gasteiger partial charge in [0, 0.05) is 18.7 Å². The van der Waals surface area contributed by atoms with E-state index in [4.69, 9.17) is 0 Å². The lowest BCUT2D eigenvalue weighted by Gasteiger charge is -2.27. The Balaban J connectivity index is 1.76. The van der Waals surface area contributed by atoms with E-state index in [0.29, 0.717) is 18.7 Å². The molecule has 1 aliphatic heterocycles. The predicted molar refractivity (Wildman–Crippen MR) is 102 cm³/mol. The number of sulfone groups is 1. The number of unbranched alkanes of at least 4 members (excludes halogenated alkanes) is 1. The zero-order chi connectivity index (χ0) is 18.6. The van der Waals surface area contributed by atoms with Gasteiger partial charge in [-0.15, -0.1) is 0 Å². The SMILES string of the molecule is CCCCN(C(=O)/C=C/c1cnc2ccccc2n1)C1CCS(=O)(=O)C1. The zero-order valence-electron chi connectivity index (χ0n) is 14.8. The van der Waals surface area contributed by atoms with Crippen LogP contribution < -0.4 is 0 Å². The Kier molecular flexibility index (Phi) is 5.66. The van der Waals surface area contributed by atoms with Gasteiger partial charge in [-0.2, -0.15) is 0 Å². The Labute approximate surface area is 153 Å². The number of hydrogen-bond acceptors (Lipinski definition) is 5. The van der Waals surface area contributed by atoms with E-state index in [1.165, 1.54) is 6.08 Å². The van der Waals surface area contributed by atoms with E-state index in [1.807, 2.05) is 24.3 Å². The van der Waals surface area contributed by atoms with Gasteiger partial charge in [-0.25, -0.2) is 13.4 Å². The van der Waals surface area contributed by atoms with E-state index < -0.39 is 9.84 Å². The Morgan fingerprint density at radius 1 is 1.31 bits per heavy atom. The second kappa shape index (κ2) is 7.95. The number of carbonyl (C=O) groups is 1. The lowest BCUT2D eigenvalue weighted by Crippen LogP contribution is -2.40. The van der Waals surface area contributed by atoms with Gasteiger partial charge in [0.05, 0.1) is 34.4 Å². The van der Waals surface area contributed by atoms with Crippen LogP contribution in [-0.2, 0) is 14.6 Å². The first-order chi connectivity index (χ1) is 12.5. The number of carbonyl (C=O) groups excluding carboxylic acids is 1. The molecule has 0 N–H and O–H groups in total. The maximum Gasteiger partial charge on any atom is 0.246 e. The molecule has 3 rings (SSSR count). The zero-order valence-corrected chi connectivity index (χ0v) is 15.7. The molecule has 2 heterocycles. The fourth-order valence-electron chi connectivity index (χ4n) is 3.13. The first-order valence-corrected chi connectivity index (χ1v) is 10.7. The molecule has 1 aliphatic rings. The smallest absolute Gasteiger partial charge is 0.246 e. The van der Waals surface area contributed by atoms with E-state index >= 15 is 0 Å². The first-order valence-electron chi connectivity index (χ1n) is 8.89. The molecular weight excluding hydrogens is 350 g/mol. The van der Waals surface area contributed by atoms with Gasteiger partial charge in [0.1, 0.15) is 0 Å². The van der Waals surface area contributed by atoms with E-state index in [9.17, 15) is 13.2 Å². The molecule has 1 aromatic heterocycles. The highest BCUT2D eigenvalue weighted by molar-refractivity contribution is 7.91. The van der Waals surface area contributed by atoms with Crippen molar-refractivity contribution in [2.45, 2.75) is 32.2 Å². The van der Waals surface area contributed by atoms with Gasteiger partial charge in [0.25, 0.3) is 0 Å². The Morgan fingerprint density at radius 3 is 2.77 bits per heavy atom. The van der Waals surface area contributed by atoms with Crippen molar-refractivity contribution in [1.82, 2.24) is 14.9 Å². The molecule has 0 saturated carbocycles. The van der Waals surface area contributed by atoms with Crippen LogP contribution in [0.3, 0.4) is 0 Å². The predicted octanol–water partition coefficient (Wildman–Crippen LogP) is 2.46. The van der Waals surface area contributed by atoms with E-state index in [-0.39, 0.29) is 23.5 Å². The summed E-state index contributed by atoms with van der Waals surface area (Å²) < 4.78 is 23.5. The number of aromatic nitrogens is 2. The van der Waals surface area contributed by atoms with Gasteiger partial charge in [-0.05, 0) is 31.1 Å². The van der Waals surface area contributed by atoms with Gasteiger partial charge in [0.2, 0.25) is 5.91 Å². The number of nitrogens with zero attached hydrogens (tertiary/aromatic N) is 3. The van der Waals surface area contributed by atoms with Gasteiger partial charge in [0.15, 0.2) is 9.84 Å². The average Bonchev–Trinajstić information content (AvgIpc) is 2.99. The standard InChI is InChI=1S/C19H23N3O3S/c1-2-3-11-22(16-10-12-26(24,25)14-16)19(23)9-8-15-13-20-17-6-4-5-7-18(17)21-15/h4-9,13,16H,2-3,10-12,14H2,1H3/b9-8+. The average molecular weight is 373 g/mol. The van der Waals surface area contributed by atoms with Crippen molar-refractivity contribution in [2.75, 3.05) is 18.1 Å². The lowest BCUT2D eigenvalue weighted by molar-refractivity contribution is -0.127. The third kappa shape index (κ3) is 4.46. The maximum absolute atomic E-state index is 12.7. The van der Waals surface area contributed by atoms with Crippen LogP contribution in [-0.4, -0.2) is 53.3 Å². The molecule has 0 bridgehead atoms. The summed E-state index contributed by atoms with van der Waals surface area (Å²) in [6.07, 6.45) is 7.06. The minimum absolute atomic E-state index is 0.0616. The fourth-order valence-corrected chi connectivity index (χ4v) is 4.86. The van der Waals surface area contributed by atoms with Crippen LogP contribution in [0.1, 0.15) is 31.9 Å². The Morgan fingerprint density at radius 2 is 2.08 bits per heavy atom. The largest absolute Gasteiger partial charge is 0.335 e. The van der Waals surface area contributed by atoms with Gasteiger partial charge >= 0.3 is 0 Å². The maximum atomic E-state index is 12.7. The molecule has 1 unspecified atom stereocenters. The molecule has 0 radical (unpaired) electrons. The minimum atomic E-state index is -3.03. The summed E-state index contributed by atoms with van der Waals surface area (Å²) in [5, 5.41) is 0. The van der Waals surface area contributed by atoms with E-state index in [1.54, 1.807) is 17.2 Å². The molecule has 0 aliphatic carbocycles. The number of fused-ring (bicyclic) bond motifs is 1. The highest BCUT2D eigenvalue weighted by Gasteiger charge is 2.33. The summed E-state index contributed by atoms with van der Waals surface area (Å²) in [5.41, 5.74) is 2.18. The lowest BCUT2D eigenvalue weighted by atomic mass is 10.2. The Hall–Kier alpha value is -2.28. The third-order valence-corrected chi connectivity index (χ3v) is 6.30. The van der Waals surface area contributed by atoms with Crippen molar-refractivity contribution >= 4 is 32.9 Å². The number of amides is 1. The molecule has 26 heavy (non-hydrogen) atoms. The first kappa shape index (κ1) is 18.5. The Bertz CT molecular complexity index is 925. The number of hydrogen-bond donors (Lipinski definition) is 0. The molecule has 0 spiro atoms. The van der Waals surface area contributed by atoms with Crippen molar-refractivity contribution in [3.8, 4) is 0 Å². The summed E-state index contributed by atoms with van der Waals surface area (Å²) in [4.78, 5) is 23.2. The summed E-state index contributed by atoms with van der Waals surface area (Å²) in [6, 6.07) is 7.32. The minimum Gasteiger partial charge on any atom is -0.335 e. The van der Waals surface area contributed by atoms with Crippen LogP contribution in [0.4, 0.5) is 0 Å². The van der Waals surface area contributed by atoms with Crippen molar-refractivity contribution in [1.29, 1.82) is 0 Å². The van der Waals surface area contributed by atoms with Crippen molar-refractivity contribution in [2.24, 2.45) is 0 Å². The topological polar surface area (TPSA) is 80.2 Å². The summed E-state index contributed by atoms with van der Waals surface area (Å²) in [7, 11) is -3.03. The van der Waals surface area contributed by atoms with Crippen LogP contribution >= 0.6 is 0 Å². The molecule has 1 aromatic carbocycles. The number of benzene rings is 1. The monoisotopic (exact) mass is 373 g/mol. The van der Waals surface area contributed by atoms with Crippen LogP contribution in [0.15, 0.2) is 36.5 Å². The molecule has 1 saturated heterocycles. The van der Waals surface area contributed by atoms with Crippen LogP contribution in [0.2, 0.25) is 0 Å². The van der Waals surface area contributed by atoms with Gasteiger partial charge in [-0.3, -0.25) is 9.78 Å². The molecule has 1 atom stereocenters. The third-order valence-electron chi connectivity index (χ3n) is 4.55. The highest BCUT2D eigenvalue weighted by Crippen LogP contribution is 2.19. The molecule has 7 heteroatoms. The summed E-state index contributed by atoms with van der Waals surface area (Å²) in [6.45, 7) is 2.62. The van der Waals surface area contributed by atoms with Crippen molar-refractivity contribution < 1.29 is 13.2 Å². The molecule has 6 nitrogen and oxygen atoms in total. The highest BCUT2D eigenvalue weighted by atomic mass is 32.2. The van der Waals surface area contributed by atoms with Gasteiger partial charge < -0.3 is 4.90 Å². The molecule has 2 aromatic rings. The molecule has 138 valence electrons.